The summed E-state index contributed by atoms with van der Waals surface area (Å²) in [5.41, 5.74) is 10.6. The van der Waals surface area contributed by atoms with Crippen LogP contribution in [0.3, 0.4) is 0 Å². The first-order valence-corrected chi connectivity index (χ1v) is 11.2. The number of nitrogens with one attached hydrogen (secondary N) is 1. The van der Waals surface area contributed by atoms with Gasteiger partial charge in [0.1, 0.15) is 11.6 Å². The molecule has 0 fully saturated rings. The molecule has 0 atom stereocenters. The first-order chi connectivity index (χ1) is 16.6. The minimum atomic E-state index is 0.439. The van der Waals surface area contributed by atoms with Gasteiger partial charge in [0.15, 0.2) is 5.65 Å². The molecule has 34 heavy (non-hydrogen) atoms. The Balaban J connectivity index is 1.60. The molecule has 5 aromatic rings. The maximum absolute atomic E-state index is 6.59. The molecular formula is C26H23ClN6O. The molecule has 0 bridgehead atoms. The van der Waals surface area contributed by atoms with Crippen LogP contribution in [0, 0.1) is 0 Å². The van der Waals surface area contributed by atoms with Gasteiger partial charge in [0.2, 0.25) is 5.95 Å². The molecule has 0 amide bonds. The van der Waals surface area contributed by atoms with Crippen LogP contribution in [0.2, 0.25) is 5.02 Å². The molecule has 0 aliphatic carbocycles. The Morgan fingerprint density at radius 1 is 0.941 bits per heavy atom. The Morgan fingerprint density at radius 3 is 2.44 bits per heavy atom. The molecule has 2 heterocycles. The van der Waals surface area contributed by atoms with Crippen LogP contribution in [0.4, 0.5) is 11.8 Å². The Labute approximate surface area is 202 Å². The van der Waals surface area contributed by atoms with Gasteiger partial charge in [-0.05, 0) is 48.4 Å². The third-order valence-electron chi connectivity index (χ3n) is 5.54. The van der Waals surface area contributed by atoms with E-state index in [1.807, 2.05) is 54.6 Å². The summed E-state index contributed by atoms with van der Waals surface area (Å²) in [5, 5.41) is 9.33. The molecule has 3 aromatic carbocycles. The number of nitrogens with zero attached hydrogens (tertiary/aromatic N) is 4. The largest absolute Gasteiger partial charge is 0.496 e. The summed E-state index contributed by atoms with van der Waals surface area (Å²) in [7, 11) is 1.64. The van der Waals surface area contributed by atoms with Crippen molar-refractivity contribution >= 4 is 34.4 Å². The van der Waals surface area contributed by atoms with Crippen molar-refractivity contribution < 1.29 is 4.74 Å². The smallest absolute Gasteiger partial charge is 0.225 e. The number of anilines is 2. The molecule has 0 spiro atoms. The van der Waals surface area contributed by atoms with E-state index < -0.39 is 0 Å². The third-order valence-corrected chi connectivity index (χ3v) is 5.79. The number of hydrogen-bond acceptors (Lipinski definition) is 6. The number of nitrogens with two attached hydrogens (primary N) is 1. The van der Waals surface area contributed by atoms with E-state index in [1.54, 1.807) is 23.9 Å². The lowest BCUT2D eigenvalue weighted by Crippen LogP contribution is -2.09. The molecule has 0 aliphatic rings. The van der Waals surface area contributed by atoms with Gasteiger partial charge in [0.25, 0.3) is 0 Å². The number of aromatic nitrogens is 4. The summed E-state index contributed by atoms with van der Waals surface area (Å²) in [6, 6.07) is 25.3. The van der Waals surface area contributed by atoms with Gasteiger partial charge in [-0.15, -0.1) is 5.10 Å². The Bertz CT molecular complexity index is 1430. The van der Waals surface area contributed by atoms with Crippen molar-refractivity contribution in [1.29, 1.82) is 0 Å². The fraction of sp³-hybridized carbons (Fsp3) is 0.115. The number of benzene rings is 3. The summed E-state index contributed by atoms with van der Waals surface area (Å²) in [4.78, 5) is 9.51. The second-order valence-corrected chi connectivity index (χ2v) is 8.17. The van der Waals surface area contributed by atoms with Crippen LogP contribution in [0.15, 0.2) is 78.9 Å². The van der Waals surface area contributed by atoms with Crippen LogP contribution in [-0.4, -0.2) is 33.4 Å². The van der Waals surface area contributed by atoms with Crippen molar-refractivity contribution in [3.8, 4) is 22.7 Å². The van der Waals surface area contributed by atoms with Crippen molar-refractivity contribution in [1.82, 2.24) is 19.7 Å². The molecule has 3 N–H and O–H groups in total. The average Bonchev–Trinajstić information content (AvgIpc) is 3.21. The Hall–Kier alpha value is -4.10. The molecule has 7 nitrogen and oxygen atoms in total. The second-order valence-electron chi connectivity index (χ2n) is 7.73. The van der Waals surface area contributed by atoms with Gasteiger partial charge in [-0.3, -0.25) is 0 Å². The molecule has 5 rings (SSSR count). The number of hydrogen-bond donors (Lipinski definition) is 2. The highest BCUT2D eigenvalue weighted by Crippen LogP contribution is 2.37. The molecule has 8 heteroatoms. The van der Waals surface area contributed by atoms with Crippen LogP contribution in [-0.2, 0) is 6.42 Å². The summed E-state index contributed by atoms with van der Waals surface area (Å²) in [5.74, 6) is 1.61. The predicted octanol–water partition coefficient (Wildman–Crippen LogP) is 5.38. The maximum Gasteiger partial charge on any atom is 0.225 e. The van der Waals surface area contributed by atoms with Gasteiger partial charge in [0.05, 0.1) is 23.9 Å². The number of ether oxygens (including phenoxy) is 1. The quantitative estimate of drug-likeness (QED) is 0.332. The lowest BCUT2D eigenvalue weighted by molar-refractivity contribution is 0.416. The minimum absolute atomic E-state index is 0.439. The first-order valence-electron chi connectivity index (χ1n) is 10.9. The highest BCUT2D eigenvalue weighted by atomic mass is 35.5. The predicted molar refractivity (Wildman–Crippen MR) is 137 cm³/mol. The van der Waals surface area contributed by atoms with E-state index in [0.29, 0.717) is 45.8 Å². The van der Waals surface area contributed by atoms with Gasteiger partial charge < -0.3 is 15.8 Å². The summed E-state index contributed by atoms with van der Waals surface area (Å²) in [6.07, 6.45) is 0.841. The zero-order chi connectivity index (χ0) is 23.5. The zero-order valence-electron chi connectivity index (χ0n) is 18.6. The van der Waals surface area contributed by atoms with E-state index in [9.17, 15) is 0 Å². The topological polar surface area (TPSA) is 90.9 Å². The normalized spacial score (nSPS) is 11.0. The van der Waals surface area contributed by atoms with Gasteiger partial charge in [0, 0.05) is 17.1 Å². The van der Waals surface area contributed by atoms with E-state index in [2.05, 4.69) is 22.4 Å². The molecule has 2 aromatic heterocycles. The number of nitrogen functional groups attached to an aromatic ring is 1. The van der Waals surface area contributed by atoms with Crippen LogP contribution >= 0.6 is 11.6 Å². The van der Waals surface area contributed by atoms with E-state index in [1.165, 1.54) is 5.56 Å². The molecule has 170 valence electrons. The van der Waals surface area contributed by atoms with Crippen LogP contribution < -0.4 is 15.8 Å². The number of rotatable bonds is 7. The van der Waals surface area contributed by atoms with Gasteiger partial charge >= 0.3 is 0 Å². The molecule has 0 saturated carbocycles. The van der Waals surface area contributed by atoms with Crippen LogP contribution in [0.5, 0.6) is 5.75 Å². The Morgan fingerprint density at radius 2 is 1.68 bits per heavy atom. The fourth-order valence-electron chi connectivity index (χ4n) is 3.87. The molecule has 0 unspecified atom stereocenters. The van der Waals surface area contributed by atoms with Crippen molar-refractivity contribution in [2.45, 2.75) is 6.42 Å². The second kappa shape index (κ2) is 9.41. The lowest BCUT2D eigenvalue weighted by atomic mass is 10.1. The maximum atomic E-state index is 6.59. The number of para-hydroxylation sites is 1. The van der Waals surface area contributed by atoms with E-state index >= 15 is 0 Å². The minimum Gasteiger partial charge on any atom is -0.496 e. The summed E-state index contributed by atoms with van der Waals surface area (Å²) in [6.45, 7) is 0.675. The molecule has 0 saturated heterocycles. The van der Waals surface area contributed by atoms with E-state index in [4.69, 9.17) is 32.2 Å². The third kappa shape index (κ3) is 4.25. The SMILES string of the molecule is COc1ccccc1-c1nc(NCCc2ccccc2)nc2nn(-c3ccc(Cl)cc3)c(N)c12. The van der Waals surface area contributed by atoms with Crippen molar-refractivity contribution in [3.05, 3.63) is 89.4 Å². The molecular weight excluding hydrogens is 448 g/mol. The van der Waals surface area contributed by atoms with Crippen molar-refractivity contribution in [3.63, 3.8) is 0 Å². The fourth-order valence-corrected chi connectivity index (χ4v) is 3.99. The highest BCUT2D eigenvalue weighted by Gasteiger charge is 2.21. The molecule has 0 radical (unpaired) electrons. The highest BCUT2D eigenvalue weighted by molar-refractivity contribution is 6.30. The number of halogens is 1. The van der Waals surface area contributed by atoms with E-state index in [0.717, 1.165) is 17.7 Å². The van der Waals surface area contributed by atoms with Gasteiger partial charge in [-0.1, -0.05) is 54.1 Å². The van der Waals surface area contributed by atoms with Crippen LogP contribution in [0.25, 0.3) is 28.0 Å². The average molecular weight is 471 g/mol. The summed E-state index contributed by atoms with van der Waals surface area (Å²) >= 11 is 6.06. The molecule has 0 aliphatic heterocycles. The van der Waals surface area contributed by atoms with E-state index in [-0.39, 0.29) is 0 Å². The summed E-state index contributed by atoms with van der Waals surface area (Å²) < 4.78 is 7.26. The van der Waals surface area contributed by atoms with Crippen molar-refractivity contribution in [2.24, 2.45) is 0 Å². The zero-order valence-corrected chi connectivity index (χ0v) is 19.3. The number of fused-ring (bicyclic) bond motifs is 1. The first kappa shape index (κ1) is 21.7. The van der Waals surface area contributed by atoms with Gasteiger partial charge in [-0.25, -0.2) is 9.67 Å². The van der Waals surface area contributed by atoms with Crippen LogP contribution in [0.1, 0.15) is 5.56 Å². The lowest BCUT2D eigenvalue weighted by Gasteiger charge is -2.11. The number of methoxy groups -OCH3 is 1. The standard InChI is InChI=1S/C26H23ClN6O/c1-34-21-10-6-5-9-20(21)23-22-24(28)33(19-13-11-18(27)12-14-19)32-25(22)31-26(30-23)29-16-15-17-7-3-2-4-8-17/h2-14H,15-16,28H2,1H3,(H,29,31,32). The van der Waals surface area contributed by atoms with Gasteiger partial charge in [-0.2, -0.15) is 4.98 Å². The Kier molecular flexibility index (Phi) is 6.01. The monoisotopic (exact) mass is 470 g/mol. The van der Waals surface area contributed by atoms with Crippen molar-refractivity contribution in [2.75, 3.05) is 24.7 Å².